The molecule has 14 heavy (non-hydrogen) atoms. The third kappa shape index (κ3) is 8.01. The summed E-state index contributed by atoms with van der Waals surface area (Å²) in [5.41, 5.74) is 0. The zero-order chi connectivity index (χ0) is 10.8. The summed E-state index contributed by atoms with van der Waals surface area (Å²) in [7, 11) is 3.25. The van der Waals surface area contributed by atoms with Crippen LogP contribution in [-0.2, 0) is 14.3 Å². The fraction of sp³-hybridized carbons (Fsp3) is 0.900. The third-order valence-electron chi connectivity index (χ3n) is 2.11. The number of hydrogen-bond acceptors (Lipinski definition) is 3. The first kappa shape index (κ1) is 13.4. The predicted octanol–water partition coefficient (Wildman–Crippen LogP) is 2.03. The van der Waals surface area contributed by atoms with E-state index in [2.05, 4.69) is 0 Å². The highest BCUT2D eigenvalue weighted by Crippen LogP contribution is 2.09. The second-order valence-electron chi connectivity index (χ2n) is 3.25. The van der Waals surface area contributed by atoms with Crippen LogP contribution in [0.15, 0.2) is 0 Å². The summed E-state index contributed by atoms with van der Waals surface area (Å²) in [6.45, 7) is 0. The number of carboxylic acid groups (broad SMARTS) is 1. The normalized spacial score (nSPS) is 10.8. The molecule has 0 spiro atoms. The molecule has 0 saturated heterocycles. The van der Waals surface area contributed by atoms with Crippen LogP contribution in [-0.4, -0.2) is 31.6 Å². The lowest BCUT2D eigenvalue weighted by Crippen LogP contribution is -2.12. The minimum Gasteiger partial charge on any atom is -0.481 e. The van der Waals surface area contributed by atoms with E-state index in [4.69, 9.17) is 14.6 Å². The Labute approximate surface area is 85.2 Å². The van der Waals surface area contributed by atoms with Gasteiger partial charge in [0.2, 0.25) is 0 Å². The summed E-state index contributed by atoms with van der Waals surface area (Å²) < 4.78 is 10.1. The zero-order valence-electron chi connectivity index (χ0n) is 8.99. The van der Waals surface area contributed by atoms with Gasteiger partial charge in [-0.25, -0.2) is 0 Å². The molecule has 0 aromatic carbocycles. The highest BCUT2D eigenvalue weighted by Gasteiger charge is 2.03. The van der Waals surface area contributed by atoms with Crippen molar-refractivity contribution in [3.63, 3.8) is 0 Å². The van der Waals surface area contributed by atoms with Crippen molar-refractivity contribution in [2.24, 2.45) is 0 Å². The fourth-order valence-electron chi connectivity index (χ4n) is 1.27. The van der Waals surface area contributed by atoms with E-state index in [0.29, 0.717) is 0 Å². The van der Waals surface area contributed by atoms with E-state index in [1.54, 1.807) is 14.2 Å². The smallest absolute Gasteiger partial charge is 0.303 e. The molecule has 0 aromatic heterocycles. The van der Waals surface area contributed by atoms with Gasteiger partial charge in [0.05, 0.1) is 0 Å². The Kier molecular flexibility index (Phi) is 8.57. The molecule has 0 fully saturated rings. The lowest BCUT2D eigenvalue weighted by molar-refractivity contribution is -0.137. The van der Waals surface area contributed by atoms with Crippen molar-refractivity contribution in [2.45, 2.75) is 44.8 Å². The lowest BCUT2D eigenvalue weighted by Gasteiger charge is -2.12. The van der Waals surface area contributed by atoms with Crippen LogP contribution in [0.25, 0.3) is 0 Å². The minimum atomic E-state index is -0.711. The first-order chi connectivity index (χ1) is 6.70. The van der Waals surface area contributed by atoms with E-state index in [9.17, 15) is 4.79 Å². The number of unbranched alkanes of at least 4 members (excludes halogenated alkanes) is 3. The molecule has 0 aliphatic carbocycles. The Morgan fingerprint density at radius 1 is 1.14 bits per heavy atom. The maximum atomic E-state index is 10.2. The van der Waals surface area contributed by atoms with E-state index in [1.807, 2.05) is 0 Å². The molecule has 0 unspecified atom stereocenters. The molecule has 0 radical (unpaired) electrons. The molecule has 0 heterocycles. The van der Waals surface area contributed by atoms with E-state index < -0.39 is 5.97 Å². The number of hydrogen-bond donors (Lipinski definition) is 1. The lowest BCUT2D eigenvalue weighted by atomic mass is 10.1. The van der Waals surface area contributed by atoms with Crippen molar-refractivity contribution in [1.29, 1.82) is 0 Å². The maximum Gasteiger partial charge on any atom is 0.303 e. The maximum absolute atomic E-state index is 10.2. The van der Waals surface area contributed by atoms with Crippen molar-refractivity contribution >= 4 is 5.97 Å². The first-order valence-corrected chi connectivity index (χ1v) is 4.98. The molecule has 0 aliphatic rings. The van der Waals surface area contributed by atoms with Crippen LogP contribution in [0, 0.1) is 0 Å². The summed E-state index contributed by atoms with van der Waals surface area (Å²) in [5.74, 6) is -0.711. The zero-order valence-corrected chi connectivity index (χ0v) is 8.99. The van der Waals surface area contributed by atoms with Gasteiger partial charge in [-0.15, -0.1) is 0 Å². The van der Waals surface area contributed by atoms with Crippen LogP contribution in [0.3, 0.4) is 0 Å². The predicted molar refractivity (Wildman–Crippen MR) is 53.1 cm³/mol. The van der Waals surface area contributed by atoms with E-state index >= 15 is 0 Å². The highest BCUT2D eigenvalue weighted by molar-refractivity contribution is 5.66. The van der Waals surface area contributed by atoms with Crippen molar-refractivity contribution in [2.75, 3.05) is 14.2 Å². The summed E-state index contributed by atoms with van der Waals surface area (Å²) in [5, 5.41) is 8.39. The number of methoxy groups -OCH3 is 2. The van der Waals surface area contributed by atoms with Gasteiger partial charge >= 0.3 is 5.97 Å². The monoisotopic (exact) mass is 204 g/mol. The summed E-state index contributed by atoms with van der Waals surface area (Å²) in [4.78, 5) is 10.2. The van der Waals surface area contributed by atoms with Gasteiger partial charge in [0, 0.05) is 20.6 Å². The van der Waals surface area contributed by atoms with Gasteiger partial charge in [-0.05, 0) is 19.3 Å². The van der Waals surface area contributed by atoms with E-state index in [1.165, 1.54) is 0 Å². The molecule has 0 aromatic rings. The van der Waals surface area contributed by atoms with Gasteiger partial charge in [-0.3, -0.25) is 4.79 Å². The van der Waals surface area contributed by atoms with E-state index in [0.717, 1.165) is 32.1 Å². The number of rotatable bonds is 9. The fourth-order valence-corrected chi connectivity index (χ4v) is 1.27. The molecule has 0 saturated carbocycles. The van der Waals surface area contributed by atoms with Crippen molar-refractivity contribution in [1.82, 2.24) is 0 Å². The van der Waals surface area contributed by atoms with Crippen LogP contribution in [0.1, 0.15) is 38.5 Å². The standard InChI is InChI=1S/C10H20O4/c1-13-10(14-2)8-6-4-3-5-7-9(11)12/h10H,3-8H2,1-2H3,(H,11,12). The van der Waals surface area contributed by atoms with Crippen molar-refractivity contribution in [3.05, 3.63) is 0 Å². The Morgan fingerprint density at radius 3 is 2.21 bits per heavy atom. The SMILES string of the molecule is COC(CCCCCCC(=O)O)OC. The van der Waals surface area contributed by atoms with E-state index in [-0.39, 0.29) is 12.7 Å². The number of carbonyl (C=O) groups is 1. The molecule has 0 rings (SSSR count). The highest BCUT2D eigenvalue weighted by atomic mass is 16.7. The molecular weight excluding hydrogens is 184 g/mol. The molecule has 0 atom stereocenters. The molecule has 0 amide bonds. The van der Waals surface area contributed by atoms with Crippen LogP contribution in [0.5, 0.6) is 0 Å². The van der Waals surface area contributed by atoms with Gasteiger partial charge in [-0.1, -0.05) is 12.8 Å². The molecule has 0 aliphatic heterocycles. The minimum absolute atomic E-state index is 0.116. The second kappa shape index (κ2) is 8.97. The molecule has 4 nitrogen and oxygen atoms in total. The van der Waals surface area contributed by atoms with Crippen molar-refractivity contribution in [3.8, 4) is 0 Å². The molecule has 1 N–H and O–H groups in total. The van der Waals surface area contributed by atoms with Gasteiger partial charge < -0.3 is 14.6 Å². The molecular formula is C10H20O4. The first-order valence-electron chi connectivity index (χ1n) is 4.98. The van der Waals surface area contributed by atoms with Gasteiger partial charge in [-0.2, -0.15) is 0 Å². The van der Waals surface area contributed by atoms with Crippen LogP contribution in [0.2, 0.25) is 0 Å². The summed E-state index contributed by atoms with van der Waals surface area (Å²) in [6, 6.07) is 0. The van der Waals surface area contributed by atoms with Gasteiger partial charge in [0.1, 0.15) is 0 Å². The average Bonchev–Trinajstić information content (AvgIpc) is 2.16. The number of aliphatic carboxylic acids is 1. The molecule has 84 valence electrons. The molecule has 0 bridgehead atoms. The third-order valence-corrected chi connectivity index (χ3v) is 2.11. The van der Waals surface area contributed by atoms with Gasteiger partial charge in [0.15, 0.2) is 6.29 Å². The Morgan fingerprint density at radius 2 is 1.71 bits per heavy atom. The summed E-state index contributed by atoms with van der Waals surface area (Å²) >= 11 is 0. The van der Waals surface area contributed by atoms with Crippen LogP contribution in [0.4, 0.5) is 0 Å². The van der Waals surface area contributed by atoms with Gasteiger partial charge in [0.25, 0.3) is 0 Å². The Balaban J connectivity index is 3.16. The largest absolute Gasteiger partial charge is 0.481 e. The summed E-state index contributed by atoms with van der Waals surface area (Å²) in [6.07, 6.45) is 4.82. The average molecular weight is 204 g/mol. The van der Waals surface area contributed by atoms with Crippen LogP contribution >= 0.6 is 0 Å². The van der Waals surface area contributed by atoms with Crippen LogP contribution < -0.4 is 0 Å². The number of ether oxygens (including phenoxy) is 2. The molecule has 4 heteroatoms. The topological polar surface area (TPSA) is 55.8 Å². The Bertz CT molecular complexity index is 143. The second-order valence-corrected chi connectivity index (χ2v) is 3.25. The Hall–Kier alpha value is -0.610. The number of carboxylic acids is 1. The van der Waals surface area contributed by atoms with Crippen molar-refractivity contribution < 1.29 is 19.4 Å². The quantitative estimate of drug-likeness (QED) is 0.461.